The summed E-state index contributed by atoms with van der Waals surface area (Å²) in [6, 6.07) is 0. The van der Waals surface area contributed by atoms with Gasteiger partial charge in [0.2, 0.25) is 0 Å². The Morgan fingerprint density at radius 2 is 0.429 bits per heavy atom. The first kappa shape index (κ1) is 96.2. The maximum absolute atomic E-state index is 0. The molecule has 0 aliphatic carbocycles. The molecule has 0 aliphatic rings. The molecule has 0 spiro atoms. The van der Waals surface area contributed by atoms with Gasteiger partial charge in [-0.2, -0.15) is 0 Å². The molecule has 0 unspecified atom stereocenters. The summed E-state index contributed by atoms with van der Waals surface area (Å²) in [6.07, 6.45) is 0. The summed E-state index contributed by atoms with van der Waals surface area (Å²) in [7, 11) is 0. The molecule has 0 bridgehead atoms. The minimum Gasteiger partial charge on any atom is -2.00 e. The maximum Gasteiger partial charge on any atom is 3.00 e. The van der Waals surface area contributed by atoms with Gasteiger partial charge in [0.25, 0.3) is 0 Å². The van der Waals surface area contributed by atoms with Gasteiger partial charge in [-0.25, -0.2) is 0 Å². The Labute approximate surface area is 104 Å². The van der Waals surface area contributed by atoms with Gasteiger partial charge in [-0.05, 0) is 0 Å². The van der Waals surface area contributed by atoms with E-state index in [1.807, 2.05) is 0 Å². The fraction of sp³-hybridized carbons (Fsp3) is 0. The van der Waals surface area contributed by atoms with Crippen molar-refractivity contribution in [1.82, 2.24) is 0 Å². The van der Waals surface area contributed by atoms with Crippen molar-refractivity contribution in [1.29, 1.82) is 0 Å². The molecule has 0 aromatic heterocycles. The average Bonchev–Trinajstić information content (AvgIpc) is 0. The third kappa shape index (κ3) is 51.7. The zero-order valence-corrected chi connectivity index (χ0v) is 12.8. The van der Waals surface area contributed by atoms with Gasteiger partial charge in [-0.3, -0.25) is 0 Å². The van der Waals surface area contributed by atoms with Crippen molar-refractivity contribution in [3.8, 4) is 0 Å². The molecule has 7 heteroatoms. The molecule has 6 radical (unpaired) electrons. The van der Waals surface area contributed by atoms with E-state index in [0.717, 1.165) is 0 Å². The van der Waals surface area contributed by atoms with Gasteiger partial charge in [0.1, 0.15) is 0 Å². The average molecular weight is 568 g/mol. The van der Waals surface area contributed by atoms with Crippen molar-refractivity contribution >= 4 is 52.4 Å². The van der Waals surface area contributed by atoms with Crippen LogP contribution in [0, 0.1) is 0 Å². The third-order valence-electron chi connectivity index (χ3n) is 0. The van der Waals surface area contributed by atoms with Crippen molar-refractivity contribution in [2.24, 2.45) is 0 Å². The Kier molecular flexibility index (Phi) is 934. The van der Waals surface area contributed by atoms with Crippen LogP contribution in [0.4, 0.5) is 0 Å². The maximum atomic E-state index is 0. The van der Waals surface area contributed by atoms with Gasteiger partial charge >= 0.3 is 52.4 Å². The zero-order chi connectivity index (χ0) is 0. The van der Waals surface area contributed by atoms with Crippen LogP contribution in [0.1, 0.15) is 0 Å². The first-order chi connectivity index (χ1) is 0. The summed E-state index contributed by atoms with van der Waals surface area (Å²) >= 11 is 0. The number of rotatable bonds is 0. The van der Waals surface area contributed by atoms with Crippen LogP contribution in [0.3, 0.4) is 0 Å². The Bertz CT molecular complexity index is 10.9. The molecule has 3 nitrogen and oxygen atoms in total. The molecule has 7 heavy (non-hydrogen) atoms. The van der Waals surface area contributed by atoms with E-state index in [1.165, 1.54) is 0 Å². The SMILES string of the molecule is [Bi+3].[Bi+3].[O-2].[O-2].[O-2].[V].[V]. The van der Waals surface area contributed by atoms with Crippen molar-refractivity contribution in [2.45, 2.75) is 0 Å². The molecule has 0 heterocycles. The van der Waals surface area contributed by atoms with E-state index in [1.54, 1.807) is 0 Å². The summed E-state index contributed by atoms with van der Waals surface area (Å²) in [5.74, 6) is 0. The van der Waals surface area contributed by atoms with Gasteiger partial charge in [-0.1, -0.05) is 0 Å². The molecule has 0 aromatic rings. The first-order valence-electron chi connectivity index (χ1n) is 0. The first-order valence-corrected chi connectivity index (χ1v) is 0. The Morgan fingerprint density at radius 3 is 0.429 bits per heavy atom. The van der Waals surface area contributed by atoms with Crippen LogP contribution in [-0.4, -0.2) is 52.4 Å². The topological polar surface area (TPSA) is 85.5 Å². The van der Waals surface area contributed by atoms with Crippen LogP contribution in [0.25, 0.3) is 0 Å². The van der Waals surface area contributed by atoms with Crippen LogP contribution in [0.2, 0.25) is 0 Å². The van der Waals surface area contributed by atoms with E-state index >= 15 is 0 Å². The van der Waals surface area contributed by atoms with E-state index in [0.29, 0.717) is 0 Å². The zero-order valence-electron chi connectivity index (χ0n) is 3.01. The van der Waals surface area contributed by atoms with Gasteiger partial charge in [0.05, 0.1) is 0 Å². The predicted octanol–water partition coefficient (Wildman–Crippen LogP) is -1.12. The van der Waals surface area contributed by atoms with E-state index in [-0.39, 0.29) is 106 Å². The minimum absolute atomic E-state index is 0. The molecule has 38 valence electrons. The normalized spacial score (nSPS) is 0. The van der Waals surface area contributed by atoms with Crippen LogP contribution < -0.4 is 0 Å². The van der Waals surface area contributed by atoms with Gasteiger partial charge in [0, 0.05) is 37.1 Å². The molecule has 0 fully saturated rings. The van der Waals surface area contributed by atoms with Gasteiger partial charge in [0.15, 0.2) is 0 Å². The van der Waals surface area contributed by atoms with Gasteiger partial charge in [-0.15, -0.1) is 0 Å². The summed E-state index contributed by atoms with van der Waals surface area (Å²) in [5, 5.41) is 0. The molecule has 0 aromatic carbocycles. The minimum atomic E-state index is 0. The number of hydrogen-bond acceptors (Lipinski definition) is 0. The monoisotopic (exact) mass is 568 g/mol. The molecule has 0 N–H and O–H groups in total. The molecule has 0 amide bonds. The standard InChI is InChI=1S/2Bi.3O.2V/q2*+3;3*-2;;. The largest absolute Gasteiger partial charge is 3.00 e. The van der Waals surface area contributed by atoms with Gasteiger partial charge < -0.3 is 16.4 Å². The summed E-state index contributed by atoms with van der Waals surface area (Å²) in [4.78, 5) is 0. The second-order valence-electron chi connectivity index (χ2n) is 0. The van der Waals surface area contributed by atoms with E-state index in [9.17, 15) is 0 Å². The molecule has 0 saturated carbocycles. The van der Waals surface area contributed by atoms with E-state index < -0.39 is 0 Å². The second kappa shape index (κ2) is 67.9. The Balaban J connectivity index is 0. The summed E-state index contributed by atoms with van der Waals surface area (Å²) < 4.78 is 0. The summed E-state index contributed by atoms with van der Waals surface area (Å²) in [5.41, 5.74) is 0. The molecular weight excluding hydrogens is 568 g/mol. The van der Waals surface area contributed by atoms with Crippen molar-refractivity contribution < 1.29 is 53.5 Å². The Hall–Kier alpha value is 2.82. The van der Waals surface area contributed by atoms with Crippen molar-refractivity contribution in [3.63, 3.8) is 0 Å². The van der Waals surface area contributed by atoms with Crippen LogP contribution in [0.5, 0.6) is 0 Å². The molecule has 0 aliphatic heterocycles. The van der Waals surface area contributed by atoms with Crippen LogP contribution >= 0.6 is 0 Å². The Morgan fingerprint density at radius 1 is 0.429 bits per heavy atom. The van der Waals surface area contributed by atoms with Crippen LogP contribution in [-0.2, 0) is 53.5 Å². The number of hydrogen-bond donors (Lipinski definition) is 0. The molecule has 0 rings (SSSR count). The predicted molar refractivity (Wildman–Crippen MR) is 13.6 cm³/mol. The van der Waals surface area contributed by atoms with Crippen molar-refractivity contribution in [3.05, 3.63) is 0 Å². The second-order valence-corrected chi connectivity index (χ2v) is 0. The smallest absolute Gasteiger partial charge is 2.00 e. The van der Waals surface area contributed by atoms with E-state index in [2.05, 4.69) is 0 Å². The third-order valence-corrected chi connectivity index (χ3v) is 0. The molecule has 0 saturated heterocycles. The molecular formula is Bi2O3V2. The van der Waals surface area contributed by atoms with Crippen LogP contribution in [0.15, 0.2) is 0 Å². The van der Waals surface area contributed by atoms with Crippen molar-refractivity contribution in [2.75, 3.05) is 0 Å². The fourth-order valence-electron chi connectivity index (χ4n) is 0. The molecule has 0 atom stereocenters. The quantitative estimate of drug-likeness (QED) is 0.332. The summed E-state index contributed by atoms with van der Waals surface area (Å²) in [6.45, 7) is 0. The van der Waals surface area contributed by atoms with E-state index in [4.69, 9.17) is 0 Å². The fourth-order valence-corrected chi connectivity index (χ4v) is 0.